The van der Waals surface area contributed by atoms with Crippen LogP contribution in [0.5, 0.6) is 11.5 Å². The lowest BCUT2D eigenvalue weighted by Crippen LogP contribution is -2.24. The Bertz CT molecular complexity index is 856. The van der Waals surface area contributed by atoms with E-state index in [9.17, 15) is 21.6 Å². The zero-order valence-corrected chi connectivity index (χ0v) is 14.2. The van der Waals surface area contributed by atoms with E-state index in [4.69, 9.17) is 4.74 Å². The van der Waals surface area contributed by atoms with E-state index in [1.54, 1.807) is 6.92 Å². The molecule has 0 spiro atoms. The van der Waals surface area contributed by atoms with Gasteiger partial charge in [0.15, 0.2) is 11.5 Å². The van der Waals surface area contributed by atoms with Gasteiger partial charge in [0.25, 0.3) is 0 Å². The van der Waals surface area contributed by atoms with Crippen LogP contribution >= 0.6 is 0 Å². The van der Waals surface area contributed by atoms with Crippen LogP contribution in [0.4, 0.5) is 13.2 Å². The highest BCUT2D eigenvalue weighted by Crippen LogP contribution is 2.29. The molecule has 2 aromatic carbocycles. The Kier molecular flexibility index (Phi) is 5.91. The first-order valence-electron chi connectivity index (χ1n) is 7.10. The maximum absolute atomic E-state index is 13.8. The molecule has 0 aliphatic rings. The molecule has 0 radical (unpaired) electrons. The van der Waals surface area contributed by atoms with Crippen LogP contribution in [-0.4, -0.2) is 22.1 Å². The van der Waals surface area contributed by atoms with Crippen LogP contribution in [0.15, 0.2) is 41.3 Å². The van der Waals surface area contributed by atoms with Gasteiger partial charge in [-0.3, -0.25) is 0 Å². The van der Waals surface area contributed by atoms with Gasteiger partial charge in [-0.15, -0.1) is 0 Å². The van der Waals surface area contributed by atoms with Crippen LogP contribution in [-0.2, 0) is 16.6 Å². The van der Waals surface area contributed by atoms with Gasteiger partial charge in [0.05, 0.1) is 7.11 Å². The summed E-state index contributed by atoms with van der Waals surface area (Å²) in [6, 6.07) is 7.74. The Morgan fingerprint density at radius 1 is 1.12 bits per heavy atom. The summed E-state index contributed by atoms with van der Waals surface area (Å²) in [6.45, 7) is -1.55. The topological polar surface area (TPSA) is 64.6 Å². The molecule has 0 saturated heterocycles. The summed E-state index contributed by atoms with van der Waals surface area (Å²) in [5, 5.41) is 0. The van der Waals surface area contributed by atoms with Crippen molar-refractivity contribution in [3.63, 3.8) is 0 Å². The second-order valence-electron chi connectivity index (χ2n) is 5.12. The van der Waals surface area contributed by atoms with Gasteiger partial charge >= 0.3 is 6.61 Å². The predicted molar refractivity (Wildman–Crippen MR) is 84.8 cm³/mol. The summed E-state index contributed by atoms with van der Waals surface area (Å²) < 4.78 is 74.3. The van der Waals surface area contributed by atoms with Gasteiger partial charge in [0.2, 0.25) is 10.0 Å². The minimum atomic E-state index is -4.08. The molecule has 0 atom stereocenters. The largest absolute Gasteiger partial charge is 0.493 e. The first-order valence-corrected chi connectivity index (χ1v) is 8.59. The van der Waals surface area contributed by atoms with E-state index in [-0.39, 0.29) is 18.0 Å². The molecule has 25 heavy (non-hydrogen) atoms. The molecule has 136 valence electrons. The van der Waals surface area contributed by atoms with E-state index in [1.165, 1.54) is 37.4 Å². The molecule has 0 fully saturated rings. The molecule has 5 nitrogen and oxygen atoms in total. The Morgan fingerprint density at radius 2 is 1.84 bits per heavy atom. The molecular weight excluding hydrogens is 359 g/mol. The molecule has 0 heterocycles. The van der Waals surface area contributed by atoms with E-state index in [2.05, 4.69) is 9.46 Å². The third kappa shape index (κ3) is 4.86. The van der Waals surface area contributed by atoms with Crippen LogP contribution in [0, 0.1) is 12.7 Å². The van der Waals surface area contributed by atoms with Gasteiger partial charge in [-0.25, -0.2) is 17.5 Å². The maximum atomic E-state index is 13.8. The van der Waals surface area contributed by atoms with Crippen LogP contribution in [0.3, 0.4) is 0 Å². The Hall–Kier alpha value is -2.26. The van der Waals surface area contributed by atoms with Gasteiger partial charge in [-0.2, -0.15) is 8.78 Å². The van der Waals surface area contributed by atoms with E-state index in [0.717, 1.165) is 6.07 Å². The van der Waals surface area contributed by atoms with Crippen molar-refractivity contribution < 1.29 is 31.1 Å². The van der Waals surface area contributed by atoms with Crippen molar-refractivity contribution in [1.29, 1.82) is 0 Å². The summed E-state index contributed by atoms with van der Waals surface area (Å²) >= 11 is 0. The molecule has 0 aliphatic heterocycles. The van der Waals surface area contributed by atoms with Gasteiger partial charge < -0.3 is 9.47 Å². The number of halogens is 3. The smallest absolute Gasteiger partial charge is 0.387 e. The Balaban J connectivity index is 2.19. The first kappa shape index (κ1) is 19.1. The zero-order valence-electron chi connectivity index (χ0n) is 13.4. The molecule has 0 saturated carbocycles. The average molecular weight is 375 g/mol. The Morgan fingerprint density at radius 3 is 2.48 bits per heavy atom. The second kappa shape index (κ2) is 7.75. The number of hydrogen-bond acceptors (Lipinski definition) is 4. The second-order valence-corrected chi connectivity index (χ2v) is 6.86. The number of hydrogen-bond donors (Lipinski definition) is 1. The number of nitrogens with one attached hydrogen (secondary N) is 1. The lowest BCUT2D eigenvalue weighted by atomic mass is 10.2. The maximum Gasteiger partial charge on any atom is 0.387 e. The van der Waals surface area contributed by atoms with Gasteiger partial charge in [-0.1, -0.05) is 12.1 Å². The van der Waals surface area contributed by atoms with Crippen molar-refractivity contribution in [1.82, 2.24) is 4.72 Å². The van der Waals surface area contributed by atoms with Crippen LogP contribution in [0.2, 0.25) is 0 Å². The number of aryl methyl sites for hydroxylation is 1. The van der Waals surface area contributed by atoms with Crippen LogP contribution in [0.25, 0.3) is 0 Å². The molecule has 1 N–H and O–H groups in total. The van der Waals surface area contributed by atoms with Crippen molar-refractivity contribution >= 4 is 10.0 Å². The normalized spacial score (nSPS) is 11.6. The number of alkyl halides is 2. The van der Waals surface area contributed by atoms with E-state index in [0.29, 0.717) is 11.1 Å². The van der Waals surface area contributed by atoms with Crippen molar-refractivity contribution in [2.45, 2.75) is 25.0 Å². The number of methoxy groups -OCH3 is 1. The fourth-order valence-corrected chi connectivity index (χ4v) is 3.27. The number of sulfonamides is 1. The van der Waals surface area contributed by atoms with E-state index >= 15 is 0 Å². The lowest BCUT2D eigenvalue weighted by Gasteiger charge is -2.12. The van der Waals surface area contributed by atoms with Gasteiger partial charge in [0.1, 0.15) is 10.7 Å². The molecule has 0 aliphatic carbocycles. The summed E-state index contributed by atoms with van der Waals surface area (Å²) in [4.78, 5) is -0.461. The molecular formula is C16H16F3NO4S. The Labute approximate surface area is 143 Å². The van der Waals surface area contributed by atoms with Crippen molar-refractivity contribution in [3.8, 4) is 11.5 Å². The van der Waals surface area contributed by atoms with E-state index in [1.807, 2.05) is 0 Å². The average Bonchev–Trinajstić information content (AvgIpc) is 2.55. The van der Waals surface area contributed by atoms with Gasteiger partial charge in [-0.05, 0) is 42.3 Å². The van der Waals surface area contributed by atoms with Gasteiger partial charge in [0, 0.05) is 6.54 Å². The summed E-state index contributed by atoms with van der Waals surface area (Å²) in [7, 11) is -2.81. The minimum absolute atomic E-state index is 0.0266. The molecule has 9 heteroatoms. The van der Waals surface area contributed by atoms with E-state index < -0.39 is 27.3 Å². The van der Waals surface area contributed by atoms with Crippen LogP contribution < -0.4 is 14.2 Å². The summed E-state index contributed by atoms with van der Waals surface area (Å²) in [6.07, 6.45) is 0. The molecule has 0 bridgehead atoms. The van der Waals surface area contributed by atoms with Crippen molar-refractivity contribution in [2.75, 3.05) is 7.11 Å². The highest BCUT2D eigenvalue weighted by atomic mass is 32.2. The fourth-order valence-electron chi connectivity index (χ4n) is 2.09. The third-order valence-corrected chi connectivity index (χ3v) is 4.70. The van der Waals surface area contributed by atoms with Crippen molar-refractivity contribution in [2.24, 2.45) is 0 Å². The lowest BCUT2D eigenvalue weighted by molar-refractivity contribution is -0.0512. The van der Waals surface area contributed by atoms with Crippen LogP contribution in [0.1, 0.15) is 11.1 Å². The molecule has 2 aromatic rings. The zero-order chi connectivity index (χ0) is 18.6. The third-order valence-electron chi connectivity index (χ3n) is 3.29. The first-order chi connectivity index (χ1) is 11.7. The molecule has 2 rings (SSSR count). The number of rotatable bonds is 7. The minimum Gasteiger partial charge on any atom is -0.493 e. The number of ether oxygens (including phenoxy) is 2. The SMILES string of the molecule is COc1cc(CNS(=O)(=O)c2cc(C)ccc2F)ccc1OC(F)F. The standard InChI is InChI=1S/C16H16F3NO4S/c1-10-3-5-12(17)15(7-10)25(21,22)20-9-11-4-6-13(24-16(18)19)14(8-11)23-2/h3-8,16,20H,9H2,1-2H3. The number of benzene rings is 2. The molecule has 0 amide bonds. The monoisotopic (exact) mass is 375 g/mol. The summed E-state index contributed by atoms with van der Waals surface area (Å²) in [5.41, 5.74) is 1.02. The molecule has 0 unspecified atom stereocenters. The quantitative estimate of drug-likeness (QED) is 0.807. The predicted octanol–water partition coefficient (Wildman–Crippen LogP) is 3.22. The fraction of sp³-hybridized carbons (Fsp3) is 0.250. The highest BCUT2D eigenvalue weighted by molar-refractivity contribution is 7.89. The van der Waals surface area contributed by atoms with Crippen molar-refractivity contribution in [3.05, 3.63) is 53.3 Å². The molecule has 0 aromatic heterocycles. The highest BCUT2D eigenvalue weighted by Gasteiger charge is 2.19. The summed E-state index contributed by atoms with van der Waals surface area (Å²) in [5.74, 6) is -1.01.